The van der Waals surface area contributed by atoms with Gasteiger partial charge in [0.25, 0.3) is 0 Å². The molecular formula is C15H13NO2. The Balaban J connectivity index is 2.48. The van der Waals surface area contributed by atoms with Gasteiger partial charge in [0.15, 0.2) is 0 Å². The highest BCUT2D eigenvalue weighted by molar-refractivity contribution is 5.87. The van der Waals surface area contributed by atoms with Gasteiger partial charge in [-0.2, -0.15) is 0 Å². The van der Waals surface area contributed by atoms with Gasteiger partial charge in [-0.15, -0.1) is 0 Å². The summed E-state index contributed by atoms with van der Waals surface area (Å²) in [5.41, 5.74) is 1.11. The maximum absolute atomic E-state index is 10.7. The van der Waals surface area contributed by atoms with E-state index >= 15 is 0 Å². The van der Waals surface area contributed by atoms with Crippen LogP contribution in [0.4, 0.5) is 0 Å². The summed E-state index contributed by atoms with van der Waals surface area (Å²) in [6.45, 7) is 3.25. The topological polar surface area (TPSA) is 50.2 Å². The molecule has 0 bridgehead atoms. The van der Waals surface area contributed by atoms with E-state index in [1.54, 1.807) is 38.2 Å². The van der Waals surface area contributed by atoms with Crippen LogP contribution in [0.15, 0.2) is 30.5 Å². The van der Waals surface area contributed by atoms with Crippen LogP contribution in [0, 0.1) is 11.8 Å². The van der Waals surface area contributed by atoms with Crippen molar-refractivity contribution in [2.24, 2.45) is 0 Å². The van der Waals surface area contributed by atoms with Gasteiger partial charge in [-0.25, -0.2) is 0 Å². The third kappa shape index (κ3) is 2.93. The average Bonchev–Trinajstić information content (AvgIpc) is 2.34. The molecule has 0 fully saturated rings. The van der Waals surface area contributed by atoms with Crippen LogP contribution in [-0.4, -0.2) is 22.0 Å². The fourth-order valence-electron chi connectivity index (χ4n) is 1.52. The Labute approximate surface area is 105 Å². The molecule has 1 N–H and O–H groups in total. The van der Waals surface area contributed by atoms with Crippen molar-refractivity contribution in [3.05, 3.63) is 41.6 Å². The molecule has 0 saturated carbocycles. The van der Waals surface area contributed by atoms with Crippen molar-refractivity contribution in [2.75, 3.05) is 0 Å². The number of nitrogens with zero attached hydrogens (tertiary/aromatic N) is 1. The van der Waals surface area contributed by atoms with Gasteiger partial charge in [0.1, 0.15) is 11.9 Å². The van der Waals surface area contributed by atoms with Gasteiger partial charge in [0.2, 0.25) is 0 Å². The van der Waals surface area contributed by atoms with Crippen molar-refractivity contribution in [1.29, 1.82) is 0 Å². The van der Waals surface area contributed by atoms with E-state index in [4.69, 9.17) is 0 Å². The van der Waals surface area contributed by atoms with E-state index in [9.17, 15) is 9.90 Å². The number of fused-ring (bicyclic) bond motifs is 1. The van der Waals surface area contributed by atoms with Crippen LogP contribution in [0.3, 0.4) is 0 Å². The van der Waals surface area contributed by atoms with Crippen LogP contribution in [0.5, 0.6) is 0 Å². The first-order valence-electron chi connectivity index (χ1n) is 5.58. The zero-order valence-corrected chi connectivity index (χ0v) is 10.3. The molecule has 0 unspecified atom stereocenters. The Morgan fingerprint density at radius 2 is 2.11 bits per heavy atom. The Morgan fingerprint density at radius 1 is 1.33 bits per heavy atom. The predicted octanol–water partition coefficient (Wildman–Crippen LogP) is 2.17. The maximum atomic E-state index is 10.7. The summed E-state index contributed by atoms with van der Waals surface area (Å²) in [6.07, 6.45) is 2.45. The smallest absolute Gasteiger partial charge is 0.150 e. The number of benzene rings is 1. The molecule has 0 aliphatic carbocycles. The predicted molar refractivity (Wildman–Crippen MR) is 70.3 cm³/mol. The number of carbonyl (C=O) groups is 1. The number of pyridine rings is 1. The Hall–Kier alpha value is -2.18. The minimum absolute atomic E-state index is 0.608. The lowest BCUT2D eigenvalue weighted by Crippen LogP contribution is -2.14. The Morgan fingerprint density at radius 3 is 2.78 bits per heavy atom. The van der Waals surface area contributed by atoms with Crippen LogP contribution in [-0.2, 0) is 0 Å². The first-order chi connectivity index (χ1) is 8.48. The van der Waals surface area contributed by atoms with Gasteiger partial charge in [-0.3, -0.25) is 9.78 Å². The van der Waals surface area contributed by atoms with Crippen molar-refractivity contribution < 1.29 is 9.90 Å². The van der Waals surface area contributed by atoms with Crippen LogP contribution in [0.25, 0.3) is 10.9 Å². The summed E-state index contributed by atoms with van der Waals surface area (Å²) in [7, 11) is 0. The molecule has 2 rings (SSSR count). The van der Waals surface area contributed by atoms with Crippen molar-refractivity contribution in [3.63, 3.8) is 0 Å². The van der Waals surface area contributed by atoms with E-state index in [2.05, 4.69) is 16.8 Å². The summed E-state index contributed by atoms with van der Waals surface area (Å²) >= 11 is 0. The summed E-state index contributed by atoms with van der Waals surface area (Å²) in [4.78, 5) is 15.0. The van der Waals surface area contributed by atoms with Gasteiger partial charge in [0.05, 0.1) is 5.52 Å². The standard InChI is InChI=1S/C15H13NO2/c1-15(2,18)6-5-11-7-13-8-12(10-17)3-4-14(13)16-9-11/h3-4,7-10,18H,1-2H3. The van der Waals surface area contributed by atoms with Gasteiger partial charge < -0.3 is 5.11 Å². The van der Waals surface area contributed by atoms with Crippen molar-refractivity contribution >= 4 is 17.2 Å². The molecule has 1 heterocycles. The monoisotopic (exact) mass is 239 g/mol. The summed E-state index contributed by atoms with van der Waals surface area (Å²) in [5, 5.41) is 10.4. The normalized spacial score (nSPS) is 10.8. The lowest BCUT2D eigenvalue weighted by molar-refractivity contribution is 0.112. The quantitative estimate of drug-likeness (QED) is 0.613. The van der Waals surface area contributed by atoms with Gasteiger partial charge in [-0.05, 0) is 38.1 Å². The highest BCUT2D eigenvalue weighted by Gasteiger charge is 2.06. The van der Waals surface area contributed by atoms with Crippen molar-refractivity contribution in [1.82, 2.24) is 4.98 Å². The van der Waals surface area contributed by atoms with Crippen LogP contribution in [0.2, 0.25) is 0 Å². The molecule has 0 atom stereocenters. The van der Waals surface area contributed by atoms with E-state index in [1.807, 2.05) is 6.07 Å². The number of hydrogen-bond acceptors (Lipinski definition) is 3. The van der Waals surface area contributed by atoms with E-state index < -0.39 is 5.60 Å². The molecule has 0 spiro atoms. The van der Waals surface area contributed by atoms with Gasteiger partial charge in [-0.1, -0.05) is 11.8 Å². The fraction of sp³-hybridized carbons (Fsp3) is 0.200. The van der Waals surface area contributed by atoms with Crippen molar-refractivity contribution in [2.45, 2.75) is 19.4 Å². The SMILES string of the molecule is CC(C)(O)C#Cc1cnc2ccc(C=O)cc2c1. The van der Waals surface area contributed by atoms with Crippen LogP contribution < -0.4 is 0 Å². The average molecular weight is 239 g/mol. The molecule has 0 saturated heterocycles. The lowest BCUT2D eigenvalue weighted by atomic mass is 10.1. The lowest BCUT2D eigenvalue weighted by Gasteiger charge is -2.06. The van der Waals surface area contributed by atoms with E-state index in [-0.39, 0.29) is 0 Å². The number of aromatic nitrogens is 1. The molecule has 0 amide bonds. The largest absolute Gasteiger partial charge is 0.378 e. The number of aliphatic hydroxyl groups is 1. The minimum Gasteiger partial charge on any atom is -0.378 e. The molecule has 1 aromatic carbocycles. The van der Waals surface area contributed by atoms with Crippen LogP contribution in [0.1, 0.15) is 29.8 Å². The third-order valence-electron chi connectivity index (χ3n) is 2.35. The number of rotatable bonds is 1. The molecule has 2 aromatic rings. The van der Waals surface area contributed by atoms with Gasteiger partial charge >= 0.3 is 0 Å². The van der Waals surface area contributed by atoms with E-state index in [0.29, 0.717) is 11.1 Å². The maximum Gasteiger partial charge on any atom is 0.150 e. The fourth-order valence-corrected chi connectivity index (χ4v) is 1.52. The molecule has 3 heteroatoms. The zero-order valence-electron chi connectivity index (χ0n) is 10.3. The van der Waals surface area contributed by atoms with Gasteiger partial charge in [0, 0.05) is 22.7 Å². The molecule has 1 aromatic heterocycles. The summed E-state index contributed by atoms with van der Waals surface area (Å²) in [5.74, 6) is 5.59. The molecule has 90 valence electrons. The Bertz CT molecular complexity index is 657. The molecule has 18 heavy (non-hydrogen) atoms. The molecular weight excluding hydrogens is 226 g/mol. The third-order valence-corrected chi connectivity index (χ3v) is 2.35. The van der Waals surface area contributed by atoms with E-state index in [1.165, 1.54) is 0 Å². The number of carbonyl (C=O) groups excluding carboxylic acids is 1. The summed E-state index contributed by atoms with van der Waals surface area (Å²) in [6, 6.07) is 7.15. The van der Waals surface area contributed by atoms with E-state index in [0.717, 1.165) is 17.2 Å². The van der Waals surface area contributed by atoms with Crippen LogP contribution >= 0.6 is 0 Å². The molecule has 3 nitrogen and oxygen atoms in total. The Kier molecular flexibility index (Phi) is 3.14. The molecule has 0 aliphatic rings. The minimum atomic E-state index is -1.03. The first kappa shape index (κ1) is 12.3. The second-order valence-electron chi connectivity index (χ2n) is 4.60. The molecule has 0 aliphatic heterocycles. The second kappa shape index (κ2) is 4.59. The second-order valence-corrected chi connectivity index (χ2v) is 4.60. The highest BCUT2D eigenvalue weighted by Crippen LogP contribution is 2.14. The first-order valence-corrected chi connectivity index (χ1v) is 5.58. The summed E-state index contributed by atoms with van der Waals surface area (Å²) < 4.78 is 0. The zero-order chi connectivity index (χ0) is 13.2. The van der Waals surface area contributed by atoms with Crippen molar-refractivity contribution in [3.8, 4) is 11.8 Å². The highest BCUT2D eigenvalue weighted by atomic mass is 16.3. The number of aldehydes is 1. The molecule has 0 radical (unpaired) electrons. The number of hydrogen-bond donors (Lipinski definition) is 1.